The number of rotatable bonds is 3. The summed E-state index contributed by atoms with van der Waals surface area (Å²) >= 11 is 1.45. The molecule has 2 heterocycles. The number of hydrogen-bond acceptors (Lipinski definition) is 5. The van der Waals surface area contributed by atoms with E-state index in [2.05, 4.69) is 28.9 Å². The van der Waals surface area contributed by atoms with Crippen molar-refractivity contribution in [1.29, 1.82) is 0 Å². The molecule has 0 spiro atoms. The second-order valence-corrected chi connectivity index (χ2v) is 8.71. The van der Waals surface area contributed by atoms with Crippen LogP contribution in [0.3, 0.4) is 0 Å². The van der Waals surface area contributed by atoms with E-state index in [9.17, 15) is 8.42 Å². The lowest BCUT2D eigenvalue weighted by molar-refractivity contribution is 0.206. The molecule has 5 nitrogen and oxygen atoms in total. The summed E-state index contributed by atoms with van der Waals surface area (Å²) in [5.41, 5.74) is 2.46. The van der Waals surface area contributed by atoms with Gasteiger partial charge in [0.2, 0.25) is 10.0 Å². The van der Waals surface area contributed by atoms with Crippen molar-refractivity contribution < 1.29 is 8.42 Å². The Bertz CT molecular complexity index is 752. The SMILES string of the molecule is CC1(C)CNCCC1NS(=O)(=O)c1ccc2ncsc2c1. The van der Waals surface area contributed by atoms with Crippen LogP contribution in [-0.4, -0.2) is 32.5 Å². The van der Waals surface area contributed by atoms with Gasteiger partial charge in [-0.3, -0.25) is 0 Å². The van der Waals surface area contributed by atoms with Crippen molar-refractivity contribution in [2.75, 3.05) is 13.1 Å². The number of hydrogen-bond donors (Lipinski definition) is 2. The lowest BCUT2D eigenvalue weighted by atomic mass is 9.81. The van der Waals surface area contributed by atoms with E-state index in [0.717, 1.165) is 29.7 Å². The summed E-state index contributed by atoms with van der Waals surface area (Å²) in [5, 5.41) is 3.31. The molecule has 0 radical (unpaired) electrons. The Morgan fingerprint density at radius 3 is 3.00 bits per heavy atom. The topological polar surface area (TPSA) is 71.1 Å². The summed E-state index contributed by atoms with van der Waals surface area (Å²) in [6.07, 6.45) is 0.801. The molecular formula is C14H19N3O2S2. The number of aromatic nitrogens is 1. The Morgan fingerprint density at radius 2 is 2.24 bits per heavy atom. The number of sulfonamides is 1. The lowest BCUT2D eigenvalue weighted by Crippen LogP contribution is -2.54. The molecule has 1 unspecified atom stereocenters. The van der Waals surface area contributed by atoms with Gasteiger partial charge in [0, 0.05) is 12.6 Å². The maximum absolute atomic E-state index is 12.6. The first-order valence-corrected chi connectivity index (χ1v) is 9.31. The minimum atomic E-state index is -3.50. The molecule has 1 aromatic carbocycles. The molecule has 0 aliphatic carbocycles. The van der Waals surface area contributed by atoms with Crippen LogP contribution >= 0.6 is 11.3 Å². The fraction of sp³-hybridized carbons (Fsp3) is 0.500. The van der Waals surface area contributed by atoms with Gasteiger partial charge in [0.05, 0.1) is 20.6 Å². The van der Waals surface area contributed by atoms with Crippen LogP contribution in [0.25, 0.3) is 10.2 Å². The van der Waals surface area contributed by atoms with Crippen molar-refractivity contribution >= 4 is 31.6 Å². The minimum Gasteiger partial charge on any atom is -0.316 e. The first kappa shape index (κ1) is 14.9. The molecule has 2 N–H and O–H groups in total. The quantitative estimate of drug-likeness (QED) is 0.905. The first-order valence-electron chi connectivity index (χ1n) is 6.95. The molecular weight excluding hydrogens is 306 g/mol. The van der Waals surface area contributed by atoms with Crippen LogP contribution in [0.4, 0.5) is 0 Å². The number of nitrogens with zero attached hydrogens (tertiary/aromatic N) is 1. The molecule has 1 aliphatic heterocycles. The smallest absolute Gasteiger partial charge is 0.240 e. The van der Waals surface area contributed by atoms with Gasteiger partial charge in [-0.1, -0.05) is 13.8 Å². The van der Waals surface area contributed by atoms with E-state index < -0.39 is 10.0 Å². The molecule has 1 fully saturated rings. The van der Waals surface area contributed by atoms with Gasteiger partial charge in [-0.25, -0.2) is 18.1 Å². The number of piperidine rings is 1. The summed E-state index contributed by atoms with van der Waals surface area (Å²) in [5.74, 6) is 0. The zero-order chi connectivity index (χ0) is 15.1. The highest BCUT2D eigenvalue weighted by atomic mass is 32.2. The van der Waals surface area contributed by atoms with E-state index in [1.54, 1.807) is 23.7 Å². The van der Waals surface area contributed by atoms with Crippen LogP contribution in [0.2, 0.25) is 0 Å². The second kappa shape index (κ2) is 5.31. The van der Waals surface area contributed by atoms with E-state index >= 15 is 0 Å². The molecule has 0 saturated carbocycles. The van der Waals surface area contributed by atoms with Crippen molar-refractivity contribution in [1.82, 2.24) is 15.0 Å². The average molecular weight is 325 g/mol. The fourth-order valence-corrected chi connectivity index (χ4v) is 4.91. The van der Waals surface area contributed by atoms with Crippen LogP contribution in [0.5, 0.6) is 0 Å². The highest BCUT2D eigenvalue weighted by Gasteiger charge is 2.35. The molecule has 0 amide bonds. The molecule has 0 bridgehead atoms. The first-order chi connectivity index (χ1) is 9.88. The van der Waals surface area contributed by atoms with Crippen LogP contribution in [0.15, 0.2) is 28.6 Å². The van der Waals surface area contributed by atoms with Crippen molar-refractivity contribution in [3.63, 3.8) is 0 Å². The van der Waals surface area contributed by atoms with Gasteiger partial charge < -0.3 is 5.32 Å². The van der Waals surface area contributed by atoms with Gasteiger partial charge in [0.15, 0.2) is 0 Å². The number of fused-ring (bicyclic) bond motifs is 1. The maximum Gasteiger partial charge on any atom is 0.240 e. The van der Waals surface area contributed by atoms with E-state index in [1.807, 2.05) is 0 Å². The Hall–Kier alpha value is -1.02. The molecule has 1 aromatic heterocycles. The predicted octanol–water partition coefficient (Wildman–Crippen LogP) is 1.96. The third kappa shape index (κ3) is 2.96. The third-order valence-corrected chi connectivity index (χ3v) is 6.31. The summed E-state index contributed by atoms with van der Waals surface area (Å²) < 4.78 is 29.0. The fourth-order valence-electron chi connectivity index (χ4n) is 2.65. The predicted molar refractivity (Wildman–Crippen MR) is 85.0 cm³/mol. The van der Waals surface area contributed by atoms with Crippen LogP contribution in [0.1, 0.15) is 20.3 Å². The van der Waals surface area contributed by atoms with Crippen molar-refractivity contribution in [3.05, 3.63) is 23.7 Å². The van der Waals surface area contributed by atoms with E-state index in [1.165, 1.54) is 11.3 Å². The maximum atomic E-state index is 12.6. The average Bonchev–Trinajstić information content (AvgIpc) is 2.88. The van der Waals surface area contributed by atoms with Crippen LogP contribution < -0.4 is 10.0 Å². The zero-order valence-corrected chi connectivity index (χ0v) is 13.7. The van der Waals surface area contributed by atoms with E-state index in [-0.39, 0.29) is 11.5 Å². The van der Waals surface area contributed by atoms with Crippen LogP contribution in [-0.2, 0) is 10.0 Å². The molecule has 3 rings (SSSR count). The Labute approximate surface area is 128 Å². The van der Waals surface area contributed by atoms with Gasteiger partial charge in [-0.05, 0) is 36.6 Å². The van der Waals surface area contributed by atoms with Gasteiger partial charge in [-0.2, -0.15) is 0 Å². The third-order valence-electron chi connectivity index (χ3n) is 4.04. The van der Waals surface area contributed by atoms with Crippen molar-refractivity contribution in [3.8, 4) is 0 Å². The van der Waals surface area contributed by atoms with Gasteiger partial charge >= 0.3 is 0 Å². The van der Waals surface area contributed by atoms with Gasteiger partial charge in [-0.15, -0.1) is 11.3 Å². The normalized spacial score (nSPS) is 22.5. The molecule has 21 heavy (non-hydrogen) atoms. The van der Waals surface area contributed by atoms with Gasteiger partial charge in [0.25, 0.3) is 0 Å². The summed E-state index contributed by atoms with van der Waals surface area (Å²) in [6.45, 7) is 5.82. The standard InChI is InChI=1S/C14H19N3O2S2/c1-14(2)8-15-6-5-13(14)17-21(18,19)10-3-4-11-12(7-10)20-9-16-11/h3-4,7,9,13,15,17H,5-6,8H2,1-2H3. The Kier molecular flexibility index (Phi) is 3.77. The monoisotopic (exact) mass is 325 g/mol. The van der Waals surface area contributed by atoms with Crippen LogP contribution in [0, 0.1) is 5.41 Å². The molecule has 114 valence electrons. The minimum absolute atomic E-state index is 0.0547. The summed E-state index contributed by atoms with van der Waals surface area (Å²) in [6, 6.07) is 5.02. The number of thiazole rings is 1. The lowest BCUT2D eigenvalue weighted by Gasteiger charge is -2.39. The second-order valence-electron chi connectivity index (χ2n) is 6.11. The molecule has 1 aliphatic rings. The zero-order valence-electron chi connectivity index (χ0n) is 12.1. The highest BCUT2D eigenvalue weighted by Crippen LogP contribution is 2.27. The van der Waals surface area contributed by atoms with Crippen molar-refractivity contribution in [2.45, 2.75) is 31.2 Å². The van der Waals surface area contributed by atoms with E-state index in [4.69, 9.17) is 0 Å². The van der Waals surface area contributed by atoms with E-state index in [0.29, 0.717) is 4.90 Å². The summed E-state index contributed by atoms with van der Waals surface area (Å²) in [7, 11) is -3.50. The number of nitrogens with one attached hydrogen (secondary N) is 2. The summed E-state index contributed by atoms with van der Waals surface area (Å²) in [4.78, 5) is 4.49. The molecule has 1 saturated heterocycles. The number of benzene rings is 1. The Morgan fingerprint density at radius 1 is 1.43 bits per heavy atom. The molecule has 7 heteroatoms. The largest absolute Gasteiger partial charge is 0.316 e. The molecule has 2 aromatic rings. The Balaban J connectivity index is 1.89. The molecule has 1 atom stereocenters. The van der Waals surface area contributed by atoms with Gasteiger partial charge in [0.1, 0.15) is 0 Å². The van der Waals surface area contributed by atoms with Crippen molar-refractivity contribution in [2.24, 2.45) is 5.41 Å². The highest BCUT2D eigenvalue weighted by molar-refractivity contribution is 7.89.